The Morgan fingerprint density at radius 2 is 1.97 bits per heavy atom. The number of hydrogen-bond acceptors (Lipinski definition) is 5. The van der Waals surface area contributed by atoms with Gasteiger partial charge in [-0.3, -0.25) is 4.79 Å². The molecule has 1 saturated heterocycles. The van der Waals surface area contributed by atoms with Gasteiger partial charge in [-0.2, -0.15) is 0 Å². The van der Waals surface area contributed by atoms with Crippen molar-refractivity contribution in [1.82, 2.24) is 10.3 Å². The Hall–Kier alpha value is -2.90. The van der Waals surface area contributed by atoms with Crippen LogP contribution < -0.4 is 19.7 Å². The average molecular weight is 446 g/mol. The third-order valence-corrected chi connectivity index (χ3v) is 5.98. The fourth-order valence-electron chi connectivity index (χ4n) is 3.78. The van der Waals surface area contributed by atoms with E-state index in [9.17, 15) is 13.6 Å². The second kappa shape index (κ2) is 9.30. The lowest BCUT2D eigenvalue weighted by Gasteiger charge is -2.19. The van der Waals surface area contributed by atoms with E-state index >= 15 is 0 Å². The molecule has 3 atom stereocenters. The maximum atomic E-state index is 12.9. The Bertz CT molecular complexity index is 921. The van der Waals surface area contributed by atoms with E-state index in [1.807, 2.05) is 44.2 Å². The number of alkyl halides is 2. The van der Waals surface area contributed by atoms with Crippen molar-refractivity contribution in [2.45, 2.75) is 51.2 Å². The van der Waals surface area contributed by atoms with Crippen LogP contribution >= 0.6 is 0 Å². The molecule has 0 radical (unpaired) electrons. The molecule has 1 aromatic heterocycles. The SMILES string of the molecule is CCC(=O)N[C@@H](C)c1ccc(OC2CCN(c3ccc(OCC4CC4(F)F)cn3)C2)cc1. The largest absolute Gasteiger partial charge is 0.491 e. The van der Waals surface area contributed by atoms with E-state index in [-0.39, 0.29) is 31.1 Å². The summed E-state index contributed by atoms with van der Waals surface area (Å²) in [5.74, 6) is -1.10. The van der Waals surface area contributed by atoms with Gasteiger partial charge >= 0.3 is 0 Å². The van der Waals surface area contributed by atoms with Crippen molar-refractivity contribution in [2.24, 2.45) is 5.92 Å². The number of halogens is 2. The molecule has 1 aromatic carbocycles. The number of anilines is 1. The molecule has 1 N–H and O–H groups in total. The van der Waals surface area contributed by atoms with Crippen molar-refractivity contribution in [2.75, 3.05) is 24.6 Å². The summed E-state index contributed by atoms with van der Waals surface area (Å²) in [5.41, 5.74) is 1.03. The second-order valence-electron chi connectivity index (χ2n) is 8.51. The highest BCUT2D eigenvalue weighted by Crippen LogP contribution is 2.48. The molecule has 2 aromatic rings. The Labute approximate surface area is 186 Å². The Morgan fingerprint density at radius 1 is 1.25 bits per heavy atom. The van der Waals surface area contributed by atoms with Crippen LogP contribution in [0.1, 0.15) is 44.7 Å². The predicted octanol–water partition coefficient (Wildman–Crippen LogP) is 4.36. The maximum absolute atomic E-state index is 12.9. The molecule has 32 heavy (non-hydrogen) atoms. The van der Waals surface area contributed by atoms with Crippen molar-refractivity contribution >= 4 is 11.7 Å². The zero-order valence-electron chi connectivity index (χ0n) is 18.4. The lowest BCUT2D eigenvalue weighted by atomic mass is 10.1. The number of ether oxygens (including phenoxy) is 2. The third-order valence-electron chi connectivity index (χ3n) is 5.98. The van der Waals surface area contributed by atoms with E-state index in [1.54, 1.807) is 12.3 Å². The van der Waals surface area contributed by atoms with Crippen molar-refractivity contribution in [3.05, 3.63) is 48.2 Å². The van der Waals surface area contributed by atoms with Crippen molar-refractivity contribution < 1.29 is 23.0 Å². The fraction of sp³-hybridized carbons (Fsp3) is 0.500. The number of pyridine rings is 1. The van der Waals surface area contributed by atoms with Crippen molar-refractivity contribution in [1.29, 1.82) is 0 Å². The highest BCUT2D eigenvalue weighted by molar-refractivity contribution is 5.76. The van der Waals surface area contributed by atoms with Crippen LogP contribution in [0.2, 0.25) is 0 Å². The second-order valence-corrected chi connectivity index (χ2v) is 8.51. The molecule has 1 saturated carbocycles. The van der Waals surface area contributed by atoms with Gasteiger partial charge in [0.2, 0.25) is 5.91 Å². The molecule has 2 unspecified atom stereocenters. The van der Waals surface area contributed by atoms with Gasteiger partial charge in [-0.25, -0.2) is 13.8 Å². The van der Waals surface area contributed by atoms with Crippen LogP contribution in [-0.2, 0) is 4.79 Å². The topological polar surface area (TPSA) is 63.7 Å². The monoisotopic (exact) mass is 445 g/mol. The Morgan fingerprint density at radius 3 is 2.59 bits per heavy atom. The smallest absolute Gasteiger partial charge is 0.255 e. The van der Waals surface area contributed by atoms with Crippen LogP contribution in [-0.4, -0.2) is 42.6 Å². The Balaban J connectivity index is 1.25. The summed E-state index contributed by atoms with van der Waals surface area (Å²) < 4.78 is 37.4. The van der Waals surface area contributed by atoms with Gasteiger partial charge in [-0.1, -0.05) is 19.1 Å². The van der Waals surface area contributed by atoms with Gasteiger partial charge < -0.3 is 19.7 Å². The van der Waals surface area contributed by atoms with Gasteiger partial charge in [0.25, 0.3) is 5.92 Å². The first kappa shape index (κ1) is 22.3. The molecule has 8 heteroatoms. The summed E-state index contributed by atoms with van der Waals surface area (Å²) in [4.78, 5) is 18.1. The predicted molar refractivity (Wildman–Crippen MR) is 117 cm³/mol. The lowest BCUT2D eigenvalue weighted by molar-refractivity contribution is -0.121. The molecule has 0 bridgehead atoms. The van der Waals surface area contributed by atoms with Crippen LogP contribution in [0.4, 0.5) is 14.6 Å². The number of rotatable bonds is 9. The van der Waals surface area contributed by atoms with Crippen LogP contribution in [0, 0.1) is 5.92 Å². The van der Waals surface area contributed by atoms with Crippen molar-refractivity contribution in [3.8, 4) is 11.5 Å². The van der Waals surface area contributed by atoms with Crippen LogP contribution in [0.25, 0.3) is 0 Å². The standard InChI is InChI=1S/C24H29F2N3O3/c1-3-23(30)28-16(2)17-4-6-19(7-5-17)32-21-10-11-29(14-21)22-9-8-20(13-27-22)31-15-18-12-24(18,25)26/h4-9,13,16,18,21H,3,10-12,14-15H2,1-2H3,(H,28,30)/t16-,18?,21?/m0/s1. The molecule has 6 nitrogen and oxygen atoms in total. The summed E-state index contributed by atoms with van der Waals surface area (Å²) in [6.45, 7) is 5.36. The van der Waals surface area contributed by atoms with Gasteiger partial charge in [0.15, 0.2) is 0 Å². The molecular formula is C24H29F2N3O3. The normalized spacial score (nSPS) is 22.3. The minimum Gasteiger partial charge on any atom is -0.491 e. The molecule has 2 aliphatic rings. The molecule has 4 rings (SSSR count). The van der Waals surface area contributed by atoms with Gasteiger partial charge in [0, 0.05) is 25.8 Å². The van der Waals surface area contributed by atoms with Gasteiger partial charge in [-0.15, -0.1) is 0 Å². The lowest BCUT2D eigenvalue weighted by Crippen LogP contribution is -2.26. The zero-order valence-corrected chi connectivity index (χ0v) is 18.4. The molecule has 0 spiro atoms. The molecule has 1 aliphatic carbocycles. The van der Waals surface area contributed by atoms with E-state index in [0.717, 1.165) is 30.1 Å². The maximum Gasteiger partial charge on any atom is 0.255 e. The number of nitrogens with one attached hydrogen (secondary N) is 1. The average Bonchev–Trinajstić information content (AvgIpc) is 3.16. The fourth-order valence-corrected chi connectivity index (χ4v) is 3.78. The molecule has 172 valence electrons. The highest BCUT2D eigenvalue weighted by Gasteiger charge is 2.57. The molecule has 2 fully saturated rings. The van der Waals surface area contributed by atoms with Crippen LogP contribution in [0.3, 0.4) is 0 Å². The van der Waals surface area contributed by atoms with Crippen LogP contribution in [0.15, 0.2) is 42.6 Å². The number of carbonyl (C=O) groups excluding carboxylic acids is 1. The Kier molecular flexibility index (Phi) is 6.48. The number of nitrogens with zero attached hydrogens (tertiary/aromatic N) is 2. The molecule has 1 amide bonds. The first-order valence-corrected chi connectivity index (χ1v) is 11.1. The summed E-state index contributed by atoms with van der Waals surface area (Å²) in [7, 11) is 0. The summed E-state index contributed by atoms with van der Waals surface area (Å²) in [5, 5.41) is 2.95. The summed E-state index contributed by atoms with van der Waals surface area (Å²) in [6, 6.07) is 11.4. The van der Waals surface area contributed by atoms with Crippen LogP contribution in [0.5, 0.6) is 11.5 Å². The number of amides is 1. The van der Waals surface area contributed by atoms with E-state index in [2.05, 4.69) is 15.2 Å². The number of carbonyl (C=O) groups is 1. The third kappa shape index (κ3) is 5.47. The highest BCUT2D eigenvalue weighted by atomic mass is 19.3. The van der Waals surface area contributed by atoms with E-state index in [0.29, 0.717) is 18.7 Å². The first-order chi connectivity index (χ1) is 15.3. The minimum atomic E-state index is -2.57. The number of benzene rings is 1. The zero-order chi connectivity index (χ0) is 22.7. The van der Waals surface area contributed by atoms with Gasteiger partial charge in [0.1, 0.15) is 23.4 Å². The van der Waals surface area contributed by atoms with Crippen molar-refractivity contribution in [3.63, 3.8) is 0 Å². The molecule has 1 aliphatic heterocycles. The van der Waals surface area contributed by atoms with E-state index < -0.39 is 11.8 Å². The summed E-state index contributed by atoms with van der Waals surface area (Å²) in [6.07, 6.45) is 2.88. The van der Waals surface area contributed by atoms with E-state index in [4.69, 9.17) is 9.47 Å². The van der Waals surface area contributed by atoms with E-state index in [1.165, 1.54) is 0 Å². The first-order valence-electron chi connectivity index (χ1n) is 11.1. The summed E-state index contributed by atoms with van der Waals surface area (Å²) >= 11 is 0. The minimum absolute atomic E-state index is 0.0240. The van der Waals surface area contributed by atoms with Gasteiger partial charge in [0.05, 0.1) is 31.3 Å². The molecular weight excluding hydrogens is 416 g/mol. The van der Waals surface area contributed by atoms with Gasteiger partial charge in [-0.05, 0) is 36.8 Å². The number of aromatic nitrogens is 1. The number of hydrogen-bond donors (Lipinski definition) is 1. The quantitative estimate of drug-likeness (QED) is 0.621. The molecule has 2 heterocycles.